The van der Waals surface area contributed by atoms with Gasteiger partial charge in [0.25, 0.3) is 11.8 Å². The van der Waals surface area contributed by atoms with Crippen molar-refractivity contribution < 1.29 is 27.5 Å². The number of hydrogen-bond acceptors (Lipinski definition) is 6. The number of esters is 1. The van der Waals surface area contributed by atoms with Crippen LogP contribution >= 0.6 is 11.6 Å². The van der Waals surface area contributed by atoms with E-state index in [-0.39, 0.29) is 27.6 Å². The van der Waals surface area contributed by atoms with Crippen molar-refractivity contribution in [1.29, 1.82) is 0 Å². The topological polar surface area (TPSA) is 122 Å². The van der Waals surface area contributed by atoms with Crippen LogP contribution in [0.3, 0.4) is 0 Å². The molecule has 3 rings (SSSR count). The van der Waals surface area contributed by atoms with E-state index in [0.717, 1.165) is 4.31 Å². The number of hydrogen-bond donors (Lipinski definition) is 2. The number of ether oxygens (including phenoxy) is 1. The summed E-state index contributed by atoms with van der Waals surface area (Å²) in [5, 5.41) is 5.65. The van der Waals surface area contributed by atoms with Crippen LogP contribution in [0.25, 0.3) is 0 Å². The first-order valence-electron chi connectivity index (χ1n) is 11.6. The summed E-state index contributed by atoms with van der Waals surface area (Å²) in [7, 11) is -0.878. The zero-order valence-electron chi connectivity index (χ0n) is 21.1. The summed E-state index contributed by atoms with van der Waals surface area (Å²) in [5.74, 6) is -1.82. The third-order valence-electron chi connectivity index (χ3n) is 5.62. The predicted octanol–water partition coefficient (Wildman–Crippen LogP) is 3.94. The summed E-state index contributed by atoms with van der Waals surface area (Å²) in [5.41, 5.74) is 1.84. The Balaban J connectivity index is 1.65. The molecule has 0 heterocycles. The highest BCUT2D eigenvalue weighted by Crippen LogP contribution is 2.23. The minimum Gasteiger partial charge on any atom is -0.455 e. The number of anilines is 1. The van der Waals surface area contributed by atoms with Gasteiger partial charge in [0.15, 0.2) is 6.61 Å². The lowest BCUT2D eigenvalue weighted by Crippen LogP contribution is -2.31. The van der Waals surface area contributed by atoms with Crippen LogP contribution in [-0.2, 0) is 24.3 Å². The van der Waals surface area contributed by atoms with Gasteiger partial charge in [-0.05, 0) is 42.3 Å². The molecule has 0 fully saturated rings. The number of amides is 2. The minimum absolute atomic E-state index is 0.0142. The Hall–Kier alpha value is -3.73. The van der Waals surface area contributed by atoms with Gasteiger partial charge in [0.05, 0.1) is 27.9 Å². The molecule has 3 aromatic carbocycles. The number of sulfonamides is 1. The van der Waals surface area contributed by atoms with E-state index in [4.69, 9.17) is 16.3 Å². The quantitative estimate of drug-likeness (QED) is 0.364. The first-order chi connectivity index (χ1) is 18.0. The average Bonchev–Trinajstić information content (AvgIpc) is 2.89. The van der Waals surface area contributed by atoms with Crippen LogP contribution < -0.4 is 10.6 Å². The van der Waals surface area contributed by atoms with Gasteiger partial charge < -0.3 is 15.4 Å². The van der Waals surface area contributed by atoms with Gasteiger partial charge in [-0.2, -0.15) is 0 Å². The van der Waals surface area contributed by atoms with Crippen LogP contribution in [0.5, 0.6) is 0 Å². The van der Waals surface area contributed by atoms with Crippen LogP contribution in [-0.4, -0.2) is 51.2 Å². The van der Waals surface area contributed by atoms with E-state index in [2.05, 4.69) is 10.6 Å². The number of carbonyl (C=O) groups excluding carboxylic acids is 3. The van der Waals surface area contributed by atoms with Gasteiger partial charge in [0.1, 0.15) is 0 Å². The number of nitrogens with zero attached hydrogens (tertiary/aromatic N) is 1. The van der Waals surface area contributed by atoms with Crippen molar-refractivity contribution in [3.05, 3.63) is 94.5 Å². The SMILES string of the molecule is Cc1ccc(S(=O)(=O)N(C)C)cc1NC(=O)COC(=O)C[C@H](NC(=O)c1ccccc1Cl)c1ccccc1. The van der Waals surface area contributed by atoms with Gasteiger partial charge in [0.2, 0.25) is 10.0 Å². The molecule has 2 N–H and O–H groups in total. The van der Waals surface area contributed by atoms with E-state index >= 15 is 0 Å². The molecule has 0 aromatic heterocycles. The van der Waals surface area contributed by atoms with E-state index in [1.807, 2.05) is 0 Å². The van der Waals surface area contributed by atoms with E-state index in [1.54, 1.807) is 67.6 Å². The van der Waals surface area contributed by atoms with Gasteiger partial charge in [-0.1, -0.05) is 60.1 Å². The van der Waals surface area contributed by atoms with Gasteiger partial charge >= 0.3 is 5.97 Å². The summed E-state index contributed by atoms with van der Waals surface area (Å²) in [6.07, 6.45) is -0.233. The molecule has 0 unspecified atom stereocenters. The predicted molar refractivity (Wildman–Crippen MR) is 144 cm³/mol. The number of rotatable bonds is 10. The molecule has 0 bridgehead atoms. The molecule has 0 spiro atoms. The highest BCUT2D eigenvalue weighted by molar-refractivity contribution is 7.89. The van der Waals surface area contributed by atoms with Crippen molar-refractivity contribution in [2.24, 2.45) is 0 Å². The summed E-state index contributed by atoms with van der Waals surface area (Å²) >= 11 is 6.13. The maximum atomic E-state index is 12.8. The second-order valence-electron chi connectivity index (χ2n) is 8.59. The normalized spacial score (nSPS) is 12.0. The van der Waals surface area contributed by atoms with Crippen LogP contribution in [0.1, 0.15) is 33.9 Å². The fourth-order valence-corrected chi connectivity index (χ4v) is 4.63. The summed E-state index contributed by atoms with van der Waals surface area (Å²) in [6, 6.07) is 19.1. The Kier molecular flexibility index (Phi) is 9.62. The lowest BCUT2D eigenvalue weighted by Gasteiger charge is -2.19. The monoisotopic (exact) mass is 557 g/mol. The fraction of sp³-hybridized carbons (Fsp3) is 0.222. The van der Waals surface area contributed by atoms with Gasteiger partial charge in [-0.15, -0.1) is 0 Å². The largest absolute Gasteiger partial charge is 0.455 e. The summed E-state index contributed by atoms with van der Waals surface area (Å²) < 4.78 is 31.0. The average molecular weight is 558 g/mol. The Morgan fingerprint density at radius 2 is 1.63 bits per heavy atom. The van der Waals surface area contributed by atoms with Crippen molar-refractivity contribution in [2.45, 2.75) is 24.3 Å². The molecule has 38 heavy (non-hydrogen) atoms. The second kappa shape index (κ2) is 12.7. The van der Waals surface area contributed by atoms with Crippen LogP contribution in [0, 0.1) is 6.92 Å². The van der Waals surface area contributed by atoms with Crippen LogP contribution in [0.15, 0.2) is 77.7 Å². The van der Waals surface area contributed by atoms with Crippen molar-refractivity contribution in [3.8, 4) is 0 Å². The number of halogens is 1. The molecule has 9 nitrogen and oxygen atoms in total. The molecule has 0 aliphatic heterocycles. The van der Waals surface area contributed by atoms with Crippen molar-refractivity contribution in [1.82, 2.24) is 9.62 Å². The van der Waals surface area contributed by atoms with Gasteiger partial charge in [0, 0.05) is 19.8 Å². The second-order valence-corrected chi connectivity index (χ2v) is 11.2. The molecule has 0 aliphatic rings. The highest BCUT2D eigenvalue weighted by atomic mass is 35.5. The number of aryl methyl sites for hydroxylation is 1. The Morgan fingerprint density at radius 3 is 2.29 bits per heavy atom. The fourth-order valence-electron chi connectivity index (χ4n) is 3.48. The molecule has 200 valence electrons. The van der Waals surface area contributed by atoms with E-state index < -0.39 is 40.5 Å². The van der Waals surface area contributed by atoms with Crippen molar-refractivity contribution in [3.63, 3.8) is 0 Å². The molecule has 2 amide bonds. The van der Waals surface area contributed by atoms with Crippen molar-refractivity contribution in [2.75, 3.05) is 26.0 Å². The maximum Gasteiger partial charge on any atom is 0.308 e. The van der Waals surface area contributed by atoms with Crippen LogP contribution in [0.2, 0.25) is 5.02 Å². The third kappa shape index (κ3) is 7.41. The Labute approximate surface area is 226 Å². The third-order valence-corrected chi connectivity index (χ3v) is 7.76. The molecule has 1 atom stereocenters. The van der Waals surface area contributed by atoms with Gasteiger partial charge in [-0.25, -0.2) is 12.7 Å². The molecular weight excluding hydrogens is 530 g/mol. The number of nitrogens with one attached hydrogen (secondary N) is 2. The molecule has 0 radical (unpaired) electrons. The first-order valence-corrected chi connectivity index (χ1v) is 13.4. The zero-order valence-corrected chi connectivity index (χ0v) is 22.7. The molecule has 0 aliphatic carbocycles. The Bertz CT molecular complexity index is 1430. The smallest absolute Gasteiger partial charge is 0.308 e. The zero-order chi connectivity index (χ0) is 27.9. The van der Waals surface area contributed by atoms with Gasteiger partial charge in [-0.3, -0.25) is 14.4 Å². The molecular formula is C27H28ClN3O6S. The molecule has 0 saturated carbocycles. The van der Waals surface area contributed by atoms with E-state index in [0.29, 0.717) is 11.1 Å². The van der Waals surface area contributed by atoms with E-state index in [1.165, 1.54) is 26.2 Å². The van der Waals surface area contributed by atoms with Crippen LogP contribution in [0.4, 0.5) is 5.69 Å². The lowest BCUT2D eigenvalue weighted by atomic mass is 10.0. The minimum atomic E-state index is -3.70. The van der Waals surface area contributed by atoms with Crippen molar-refractivity contribution >= 4 is 45.1 Å². The highest BCUT2D eigenvalue weighted by Gasteiger charge is 2.22. The van der Waals surface area contributed by atoms with E-state index in [9.17, 15) is 22.8 Å². The standard InChI is InChI=1S/C27H28ClN3O6S/c1-18-13-14-20(38(35,36)31(2)3)15-23(18)29-25(32)17-37-26(33)16-24(19-9-5-4-6-10-19)30-27(34)21-11-7-8-12-22(21)28/h4-15,24H,16-17H2,1-3H3,(H,29,32)(H,30,34)/t24-/m0/s1. The molecule has 11 heteroatoms. The maximum absolute atomic E-state index is 12.8. The molecule has 0 saturated heterocycles. The number of carbonyl (C=O) groups is 3. The molecule has 3 aromatic rings. The first kappa shape index (κ1) is 28.8. The lowest BCUT2D eigenvalue weighted by molar-refractivity contribution is -0.147. The Morgan fingerprint density at radius 1 is 0.974 bits per heavy atom. The number of benzene rings is 3. The summed E-state index contributed by atoms with van der Waals surface area (Å²) in [4.78, 5) is 37.9. The summed E-state index contributed by atoms with van der Waals surface area (Å²) in [6.45, 7) is 1.11.